The van der Waals surface area contributed by atoms with Gasteiger partial charge in [0.1, 0.15) is 5.69 Å². The molecule has 0 spiro atoms. The van der Waals surface area contributed by atoms with E-state index in [0.29, 0.717) is 5.56 Å². The lowest BCUT2D eigenvalue weighted by Crippen LogP contribution is -2.07. The van der Waals surface area contributed by atoms with E-state index in [2.05, 4.69) is 23.5 Å². The normalized spacial score (nSPS) is 12.9. The molecule has 0 radical (unpaired) electrons. The van der Waals surface area contributed by atoms with Gasteiger partial charge >= 0.3 is 0 Å². The molecule has 154 valence electrons. The van der Waals surface area contributed by atoms with Crippen LogP contribution in [-0.2, 0) is 0 Å². The number of aryl methyl sites for hydroxylation is 1. The van der Waals surface area contributed by atoms with E-state index in [4.69, 9.17) is 0 Å². The lowest BCUT2D eigenvalue weighted by atomic mass is 10.1. The molecule has 1 N–H and O–H groups in total. The third-order valence-corrected chi connectivity index (χ3v) is 5.13. The van der Waals surface area contributed by atoms with Gasteiger partial charge in [-0.3, -0.25) is 5.43 Å². The molecule has 29 heavy (non-hydrogen) atoms. The number of fused-ring (bicyclic) bond motifs is 1. The summed E-state index contributed by atoms with van der Waals surface area (Å²) in [6.45, 7) is 8.01. The molecule has 0 saturated carbocycles. The highest BCUT2D eigenvalue weighted by Gasteiger charge is 2.25. The average molecular weight is 409 g/mol. The molecule has 0 saturated heterocycles. The molecule has 0 bridgehead atoms. The molecule has 8 heteroatoms. The van der Waals surface area contributed by atoms with Gasteiger partial charge in [-0.05, 0) is 32.8 Å². The highest BCUT2D eigenvalue weighted by Crippen LogP contribution is 2.32. The predicted octanol–water partition coefficient (Wildman–Crippen LogP) is 6.37. The number of nitrogens with one attached hydrogen (secondary N) is 1. The number of rotatable bonds is 5. The van der Waals surface area contributed by atoms with Gasteiger partial charge in [0.25, 0.3) is 0 Å². The van der Waals surface area contributed by atoms with E-state index in [1.807, 2.05) is 37.5 Å². The maximum absolute atomic E-state index is 13.8. The van der Waals surface area contributed by atoms with Crippen molar-refractivity contribution in [3.05, 3.63) is 64.1 Å². The fraction of sp³-hybridized carbons (Fsp3) is 0.286. The van der Waals surface area contributed by atoms with Crippen molar-refractivity contribution in [2.24, 2.45) is 5.10 Å². The molecular formula is C21H20F5N3. The predicted molar refractivity (Wildman–Crippen MR) is 104 cm³/mol. The zero-order valence-corrected chi connectivity index (χ0v) is 16.4. The first kappa shape index (κ1) is 20.8. The Morgan fingerprint density at radius 3 is 2.17 bits per heavy atom. The maximum Gasteiger partial charge on any atom is 0.200 e. The molecule has 3 nitrogen and oxygen atoms in total. The minimum Gasteiger partial charge on any atom is -0.341 e. The lowest BCUT2D eigenvalue weighted by molar-refractivity contribution is 0.381. The Kier molecular flexibility index (Phi) is 5.64. The number of hydrogen-bond donors (Lipinski definition) is 1. The third kappa shape index (κ3) is 3.36. The lowest BCUT2D eigenvalue weighted by Gasteiger charge is -2.16. The number of halogens is 5. The maximum atomic E-state index is 13.8. The Balaban J connectivity index is 2.08. The molecule has 1 aromatic heterocycles. The van der Waals surface area contributed by atoms with E-state index in [9.17, 15) is 22.0 Å². The van der Waals surface area contributed by atoms with Crippen molar-refractivity contribution < 1.29 is 22.0 Å². The zero-order valence-electron chi connectivity index (χ0n) is 16.4. The van der Waals surface area contributed by atoms with Gasteiger partial charge in [0.05, 0.1) is 11.7 Å². The summed E-state index contributed by atoms with van der Waals surface area (Å²) >= 11 is 0. The largest absolute Gasteiger partial charge is 0.341 e. The molecule has 3 rings (SSSR count). The molecule has 0 fully saturated rings. The SMILES string of the molecule is CC[C@H](C)n1c(C)c(/C=N/Nc2c(F)c(F)c(F)c(F)c2F)c2cccc(C)c21. The van der Waals surface area contributed by atoms with Crippen molar-refractivity contribution in [3.8, 4) is 0 Å². The van der Waals surface area contributed by atoms with Crippen LogP contribution in [0.4, 0.5) is 27.6 Å². The van der Waals surface area contributed by atoms with E-state index in [1.54, 1.807) is 0 Å². The third-order valence-electron chi connectivity index (χ3n) is 5.13. The minimum atomic E-state index is -2.21. The topological polar surface area (TPSA) is 29.3 Å². The van der Waals surface area contributed by atoms with Crippen molar-refractivity contribution in [1.29, 1.82) is 0 Å². The van der Waals surface area contributed by atoms with E-state index in [1.165, 1.54) is 6.21 Å². The van der Waals surface area contributed by atoms with Gasteiger partial charge in [0.2, 0.25) is 5.82 Å². The summed E-state index contributed by atoms with van der Waals surface area (Å²) < 4.78 is 69.6. The summed E-state index contributed by atoms with van der Waals surface area (Å²) in [5.74, 6) is -10.2. The summed E-state index contributed by atoms with van der Waals surface area (Å²) in [5.41, 5.74) is 4.41. The zero-order chi connectivity index (χ0) is 21.5. The summed E-state index contributed by atoms with van der Waals surface area (Å²) in [6, 6.07) is 5.96. The van der Waals surface area contributed by atoms with Crippen LogP contribution in [-0.4, -0.2) is 10.8 Å². The second-order valence-corrected chi connectivity index (χ2v) is 6.91. The van der Waals surface area contributed by atoms with Crippen LogP contribution in [0.1, 0.15) is 43.1 Å². The molecule has 1 heterocycles. The molecule has 1 atom stereocenters. The monoisotopic (exact) mass is 409 g/mol. The first-order chi connectivity index (χ1) is 13.7. The Morgan fingerprint density at radius 2 is 1.59 bits per heavy atom. The van der Waals surface area contributed by atoms with Crippen LogP contribution < -0.4 is 5.43 Å². The van der Waals surface area contributed by atoms with Crippen LogP contribution in [0.5, 0.6) is 0 Å². The number of hydrazone groups is 1. The standard InChI is InChI=1S/C21H20F5N3/c1-5-11(3)29-12(4)14(13-8-6-7-10(2)21(13)29)9-27-28-20-18(25)16(23)15(22)17(24)19(20)26/h6-9,11,28H,5H2,1-4H3/b27-9+/t11-/m0/s1. The smallest absolute Gasteiger partial charge is 0.200 e. The molecule has 3 aromatic rings. The average Bonchev–Trinajstić information content (AvgIpc) is 2.99. The number of aromatic nitrogens is 1. The number of hydrogen-bond acceptors (Lipinski definition) is 2. The molecule has 0 amide bonds. The van der Waals surface area contributed by atoms with Gasteiger partial charge < -0.3 is 4.57 Å². The first-order valence-corrected chi connectivity index (χ1v) is 9.11. The van der Waals surface area contributed by atoms with Crippen LogP contribution in [0, 0.1) is 42.9 Å². The molecule has 0 aliphatic rings. The van der Waals surface area contributed by atoms with E-state index in [0.717, 1.165) is 28.6 Å². The van der Waals surface area contributed by atoms with Crippen molar-refractivity contribution in [3.63, 3.8) is 0 Å². The van der Waals surface area contributed by atoms with Crippen molar-refractivity contribution in [1.82, 2.24) is 4.57 Å². The Morgan fingerprint density at radius 1 is 1.00 bits per heavy atom. The highest BCUT2D eigenvalue weighted by atomic mass is 19.2. The van der Waals surface area contributed by atoms with Gasteiger partial charge in [-0.1, -0.05) is 25.1 Å². The number of anilines is 1. The quantitative estimate of drug-likeness (QED) is 0.171. The first-order valence-electron chi connectivity index (χ1n) is 9.11. The Labute approximate surface area is 164 Å². The fourth-order valence-electron chi connectivity index (χ4n) is 3.45. The summed E-state index contributed by atoms with van der Waals surface area (Å²) in [5, 5.41) is 4.64. The van der Waals surface area contributed by atoms with Crippen LogP contribution in [0.2, 0.25) is 0 Å². The van der Waals surface area contributed by atoms with Gasteiger partial charge in [-0.15, -0.1) is 0 Å². The van der Waals surface area contributed by atoms with Gasteiger partial charge in [-0.2, -0.15) is 5.10 Å². The van der Waals surface area contributed by atoms with Gasteiger partial charge in [0.15, 0.2) is 23.3 Å². The van der Waals surface area contributed by atoms with Crippen molar-refractivity contribution in [2.75, 3.05) is 5.43 Å². The summed E-state index contributed by atoms with van der Waals surface area (Å²) in [7, 11) is 0. The second-order valence-electron chi connectivity index (χ2n) is 6.91. The van der Waals surface area contributed by atoms with Crippen LogP contribution in [0.25, 0.3) is 10.9 Å². The van der Waals surface area contributed by atoms with Crippen LogP contribution in [0.3, 0.4) is 0 Å². The van der Waals surface area contributed by atoms with Gasteiger partial charge in [-0.25, -0.2) is 22.0 Å². The fourth-order valence-corrected chi connectivity index (χ4v) is 3.45. The van der Waals surface area contributed by atoms with Crippen molar-refractivity contribution in [2.45, 2.75) is 40.2 Å². The summed E-state index contributed by atoms with van der Waals surface area (Å²) in [4.78, 5) is 0. The van der Waals surface area contributed by atoms with Gasteiger partial charge in [0, 0.05) is 22.7 Å². The van der Waals surface area contributed by atoms with E-state index >= 15 is 0 Å². The van der Waals surface area contributed by atoms with Crippen LogP contribution >= 0.6 is 0 Å². The molecule has 0 aliphatic carbocycles. The Bertz CT molecular complexity index is 1090. The van der Waals surface area contributed by atoms with E-state index in [-0.39, 0.29) is 6.04 Å². The number of benzene rings is 2. The van der Waals surface area contributed by atoms with Crippen LogP contribution in [0.15, 0.2) is 23.3 Å². The van der Waals surface area contributed by atoms with E-state index < -0.39 is 34.8 Å². The molecular weight excluding hydrogens is 389 g/mol. The molecule has 0 unspecified atom stereocenters. The highest BCUT2D eigenvalue weighted by molar-refractivity contribution is 6.02. The molecule has 0 aliphatic heterocycles. The summed E-state index contributed by atoms with van der Waals surface area (Å²) in [6.07, 6.45) is 2.21. The molecule has 2 aromatic carbocycles. The number of para-hydroxylation sites is 1. The Hall–Kier alpha value is -2.90. The van der Waals surface area contributed by atoms with Crippen molar-refractivity contribution >= 4 is 22.8 Å². The minimum absolute atomic E-state index is 0.198. The number of nitrogens with zero attached hydrogens (tertiary/aromatic N) is 2. The second kappa shape index (κ2) is 7.85.